The molecule has 0 radical (unpaired) electrons. The molecule has 2 heteroatoms. The Labute approximate surface area is 128 Å². The molecular formula is C19H26F2. The summed E-state index contributed by atoms with van der Waals surface area (Å²) < 4.78 is 27.4. The molecule has 0 saturated carbocycles. The summed E-state index contributed by atoms with van der Waals surface area (Å²) in [6, 6.07) is 2.84. The number of hydrogen-bond donors (Lipinski definition) is 0. The lowest BCUT2D eigenvalue weighted by Gasteiger charge is -2.09. The Morgan fingerprint density at radius 2 is 1.71 bits per heavy atom. The molecule has 1 atom stereocenters. The molecule has 0 aromatic heterocycles. The lowest BCUT2D eigenvalue weighted by molar-refractivity contribution is 0.456. The molecule has 116 valence electrons. The molecule has 0 aliphatic rings. The highest BCUT2D eigenvalue weighted by Gasteiger charge is 2.09. The van der Waals surface area contributed by atoms with Gasteiger partial charge in [-0.15, -0.1) is 5.92 Å². The highest BCUT2D eigenvalue weighted by molar-refractivity contribution is 5.38. The van der Waals surface area contributed by atoms with Gasteiger partial charge in [0, 0.05) is 0 Å². The largest absolute Gasteiger partial charge is 0.206 e. The first-order chi connectivity index (χ1) is 10.1. The highest BCUT2D eigenvalue weighted by atomic mass is 19.1. The van der Waals surface area contributed by atoms with Gasteiger partial charge in [-0.1, -0.05) is 51.9 Å². The Morgan fingerprint density at radius 3 is 2.29 bits per heavy atom. The maximum atomic E-state index is 13.7. The van der Waals surface area contributed by atoms with Crippen LogP contribution in [0.5, 0.6) is 0 Å². The van der Waals surface area contributed by atoms with Crippen molar-refractivity contribution in [3.63, 3.8) is 0 Å². The second kappa shape index (κ2) is 9.55. The van der Waals surface area contributed by atoms with Crippen molar-refractivity contribution in [2.45, 2.75) is 65.7 Å². The van der Waals surface area contributed by atoms with E-state index in [1.165, 1.54) is 37.8 Å². The number of benzene rings is 1. The summed E-state index contributed by atoms with van der Waals surface area (Å²) in [5.41, 5.74) is 0.614. The van der Waals surface area contributed by atoms with Gasteiger partial charge in [0.2, 0.25) is 0 Å². The van der Waals surface area contributed by atoms with E-state index in [1.807, 2.05) is 0 Å². The van der Waals surface area contributed by atoms with Crippen LogP contribution >= 0.6 is 0 Å². The summed E-state index contributed by atoms with van der Waals surface area (Å²) in [5, 5.41) is 0. The minimum Gasteiger partial charge on any atom is -0.206 e. The van der Waals surface area contributed by atoms with E-state index in [9.17, 15) is 8.78 Å². The van der Waals surface area contributed by atoms with Crippen LogP contribution < -0.4 is 0 Å². The Hall–Kier alpha value is -1.36. The van der Waals surface area contributed by atoms with Crippen LogP contribution in [0, 0.1) is 29.4 Å². The van der Waals surface area contributed by atoms with Gasteiger partial charge in [0.15, 0.2) is 0 Å². The van der Waals surface area contributed by atoms with Crippen molar-refractivity contribution in [3.05, 3.63) is 34.9 Å². The molecule has 0 aliphatic heterocycles. The number of unbranched alkanes of at least 4 members (excludes halogenated alkanes) is 2. The van der Waals surface area contributed by atoms with Crippen LogP contribution in [0.25, 0.3) is 0 Å². The zero-order chi connectivity index (χ0) is 15.7. The molecule has 0 aliphatic carbocycles. The third-order valence-electron chi connectivity index (χ3n) is 3.80. The summed E-state index contributed by atoms with van der Waals surface area (Å²) in [6.45, 7) is 6.08. The molecule has 0 fully saturated rings. The van der Waals surface area contributed by atoms with Crippen molar-refractivity contribution < 1.29 is 8.78 Å². The monoisotopic (exact) mass is 292 g/mol. The van der Waals surface area contributed by atoms with E-state index in [-0.39, 0.29) is 5.56 Å². The first-order valence-electron chi connectivity index (χ1n) is 7.99. The van der Waals surface area contributed by atoms with E-state index >= 15 is 0 Å². The van der Waals surface area contributed by atoms with Crippen molar-refractivity contribution in [1.29, 1.82) is 0 Å². The number of aryl methyl sites for hydroxylation is 1. The first kappa shape index (κ1) is 17.7. The van der Waals surface area contributed by atoms with Gasteiger partial charge >= 0.3 is 0 Å². The quantitative estimate of drug-likeness (QED) is 0.415. The van der Waals surface area contributed by atoms with Gasteiger partial charge in [-0.05, 0) is 43.4 Å². The predicted octanol–water partition coefficient (Wildman–Crippen LogP) is 5.88. The fraction of sp³-hybridized carbons (Fsp3) is 0.579. The van der Waals surface area contributed by atoms with Gasteiger partial charge in [0.1, 0.15) is 11.6 Å². The van der Waals surface area contributed by atoms with Crippen LogP contribution in [0.4, 0.5) is 8.78 Å². The Balaban J connectivity index is 2.41. The van der Waals surface area contributed by atoms with E-state index in [0.29, 0.717) is 0 Å². The zero-order valence-corrected chi connectivity index (χ0v) is 13.4. The molecule has 21 heavy (non-hydrogen) atoms. The van der Waals surface area contributed by atoms with Gasteiger partial charge in [-0.3, -0.25) is 0 Å². The maximum Gasteiger partial charge on any atom is 0.142 e. The second-order valence-corrected chi connectivity index (χ2v) is 5.80. The van der Waals surface area contributed by atoms with Crippen molar-refractivity contribution in [3.8, 4) is 11.8 Å². The summed E-state index contributed by atoms with van der Waals surface area (Å²) in [6.07, 6.45) is 7.82. The Kier molecular flexibility index (Phi) is 8.05. The van der Waals surface area contributed by atoms with Crippen molar-refractivity contribution in [2.24, 2.45) is 5.92 Å². The molecule has 0 bridgehead atoms. The molecule has 0 heterocycles. The third-order valence-corrected chi connectivity index (χ3v) is 3.80. The standard InChI is InChI=1S/C19H26F2/c1-4-9-15(3)11-7-6-8-12-16-13-18(20)17(10-5-2)19(21)14-16/h13-15H,4,6-9,11-12H2,1-3H3. The maximum absolute atomic E-state index is 13.7. The van der Waals surface area contributed by atoms with Crippen LogP contribution in [0.2, 0.25) is 0 Å². The van der Waals surface area contributed by atoms with Crippen LogP contribution in [0.15, 0.2) is 12.1 Å². The number of halogens is 2. The Morgan fingerprint density at radius 1 is 1.05 bits per heavy atom. The molecule has 0 saturated heterocycles. The van der Waals surface area contributed by atoms with Crippen LogP contribution in [0.3, 0.4) is 0 Å². The van der Waals surface area contributed by atoms with Gasteiger partial charge in [0.25, 0.3) is 0 Å². The topological polar surface area (TPSA) is 0 Å². The average Bonchev–Trinajstić information content (AvgIpc) is 2.43. The first-order valence-corrected chi connectivity index (χ1v) is 7.99. The van der Waals surface area contributed by atoms with Crippen LogP contribution in [-0.2, 0) is 6.42 Å². The smallest absolute Gasteiger partial charge is 0.142 e. The molecule has 1 unspecified atom stereocenters. The molecule has 0 amide bonds. The zero-order valence-electron chi connectivity index (χ0n) is 13.4. The van der Waals surface area contributed by atoms with E-state index < -0.39 is 11.6 Å². The molecule has 0 spiro atoms. The molecule has 1 aromatic carbocycles. The van der Waals surface area contributed by atoms with E-state index in [2.05, 4.69) is 25.7 Å². The number of hydrogen-bond acceptors (Lipinski definition) is 0. The third kappa shape index (κ3) is 6.29. The van der Waals surface area contributed by atoms with Crippen molar-refractivity contribution >= 4 is 0 Å². The molecular weight excluding hydrogens is 266 g/mol. The number of rotatable bonds is 8. The van der Waals surface area contributed by atoms with Gasteiger partial charge < -0.3 is 0 Å². The lowest BCUT2D eigenvalue weighted by atomic mass is 9.97. The minimum atomic E-state index is -0.545. The summed E-state index contributed by atoms with van der Waals surface area (Å²) in [7, 11) is 0. The highest BCUT2D eigenvalue weighted by Crippen LogP contribution is 2.18. The normalized spacial score (nSPS) is 11.9. The van der Waals surface area contributed by atoms with Gasteiger partial charge in [-0.25, -0.2) is 8.78 Å². The fourth-order valence-electron chi connectivity index (χ4n) is 2.65. The molecule has 0 nitrogen and oxygen atoms in total. The van der Waals surface area contributed by atoms with E-state index in [1.54, 1.807) is 6.92 Å². The van der Waals surface area contributed by atoms with E-state index in [0.717, 1.165) is 30.7 Å². The van der Waals surface area contributed by atoms with Crippen LogP contribution in [-0.4, -0.2) is 0 Å². The predicted molar refractivity (Wildman–Crippen MR) is 85.2 cm³/mol. The summed E-state index contributed by atoms with van der Waals surface area (Å²) in [5.74, 6) is 4.71. The second-order valence-electron chi connectivity index (χ2n) is 5.80. The Bertz CT molecular complexity index is 471. The van der Waals surface area contributed by atoms with Crippen molar-refractivity contribution in [1.82, 2.24) is 0 Å². The van der Waals surface area contributed by atoms with E-state index in [4.69, 9.17) is 0 Å². The molecule has 1 rings (SSSR count). The fourth-order valence-corrected chi connectivity index (χ4v) is 2.65. The minimum absolute atomic E-state index is 0.116. The average molecular weight is 292 g/mol. The van der Waals surface area contributed by atoms with Gasteiger partial charge in [0.05, 0.1) is 5.56 Å². The molecule has 1 aromatic rings. The van der Waals surface area contributed by atoms with Gasteiger partial charge in [-0.2, -0.15) is 0 Å². The SMILES string of the molecule is CC#Cc1c(F)cc(CCCCCC(C)CCC)cc1F. The summed E-state index contributed by atoms with van der Waals surface area (Å²) in [4.78, 5) is 0. The molecule has 0 N–H and O–H groups in total. The van der Waals surface area contributed by atoms with Crippen molar-refractivity contribution in [2.75, 3.05) is 0 Å². The lowest BCUT2D eigenvalue weighted by Crippen LogP contribution is -1.96. The summed E-state index contributed by atoms with van der Waals surface area (Å²) >= 11 is 0. The van der Waals surface area contributed by atoms with Crippen LogP contribution in [0.1, 0.15) is 70.4 Å².